The average molecular weight is 882 g/mol. The summed E-state index contributed by atoms with van der Waals surface area (Å²) in [6, 6.07) is 0. The van der Waals surface area contributed by atoms with E-state index in [4.69, 9.17) is 19.1 Å². The van der Waals surface area contributed by atoms with Crippen LogP contribution < -0.4 is 0 Å². The van der Waals surface area contributed by atoms with Crippen molar-refractivity contribution < 1.29 is 23.2 Å². The number of rotatable bonds is 15. The van der Waals surface area contributed by atoms with Crippen LogP contribution in [0.4, 0.5) is 0 Å². The van der Waals surface area contributed by atoms with E-state index in [1.54, 1.807) is 18.2 Å². The molecule has 0 amide bonds. The molecule has 10 heteroatoms. The number of ether oxygens (including phenoxy) is 1. The van der Waals surface area contributed by atoms with E-state index in [2.05, 4.69) is 152 Å². The van der Waals surface area contributed by atoms with Crippen molar-refractivity contribution in [3.05, 3.63) is 71.7 Å². The highest BCUT2D eigenvalue weighted by Gasteiger charge is 2.48. The lowest BCUT2D eigenvalue weighted by Crippen LogP contribution is -2.53. The molecule has 1 aliphatic heterocycles. The molecule has 8 nitrogen and oxygen atoms in total. The van der Waals surface area contributed by atoms with Crippen molar-refractivity contribution in [2.75, 3.05) is 6.54 Å². The molecule has 0 aromatic heterocycles. The first-order chi connectivity index (χ1) is 28.4. The van der Waals surface area contributed by atoms with Crippen molar-refractivity contribution >= 4 is 28.4 Å². The van der Waals surface area contributed by atoms with Gasteiger partial charge in [0, 0.05) is 41.7 Å². The highest BCUT2D eigenvalue weighted by atomic mass is 28.4. The molecular weight excluding hydrogens is 791 g/mol. The molecular formula is C51H91N3O5Si2. The van der Waals surface area contributed by atoms with Crippen molar-refractivity contribution in [1.82, 2.24) is 0 Å². The molecule has 1 rings (SSSR count). The fourth-order valence-electron chi connectivity index (χ4n) is 9.37. The zero-order valence-corrected chi connectivity index (χ0v) is 43.9. The van der Waals surface area contributed by atoms with Crippen molar-refractivity contribution in [1.29, 1.82) is 0 Å². The van der Waals surface area contributed by atoms with E-state index in [1.807, 2.05) is 12.2 Å². The number of esters is 1. The molecule has 61 heavy (non-hydrogen) atoms. The number of ketones is 1. The molecule has 0 aromatic rings. The van der Waals surface area contributed by atoms with Crippen LogP contribution in [0.25, 0.3) is 10.4 Å². The van der Waals surface area contributed by atoms with Gasteiger partial charge in [-0.15, -0.1) is 0 Å². The molecule has 10 atom stereocenters. The summed E-state index contributed by atoms with van der Waals surface area (Å²) in [6.45, 7) is 43.1. The van der Waals surface area contributed by atoms with Gasteiger partial charge in [-0.3, -0.25) is 4.79 Å². The minimum Gasteiger partial charge on any atom is -0.458 e. The quantitative estimate of drug-likeness (QED) is 0.0309. The smallest absolute Gasteiger partial charge is 0.331 e. The number of hydrogen-bond donors (Lipinski definition) is 0. The monoisotopic (exact) mass is 882 g/mol. The predicted octanol–water partition coefficient (Wildman–Crippen LogP) is 15.3. The number of carbonyl (C=O) groups excluding carboxylic acids is 2. The average Bonchev–Trinajstić information content (AvgIpc) is 3.16. The van der Waals surface area contributed by atoms with Crippen molar-refractivity contribution in [3.63, 3.8) is 0 Å². The summed E-state index contributed by atoms with van der Waals surface area (Å²) in [4.78, 5) is 30.7. The van der Waals surface area contributed by atoms with Gasteiger partial charge < -0.3 is 13.6 Å². The van der Waals surface area contributed by atoms with E-state index in [0.29, 0.717) is 40.9 Å². The summed E-state index contributed by atoms with van der Waals surface area (Å²) in [5.74, 6) is 0.968. The molecule has 1 heterocycles. The Balaban J connectivity index is 3.96. The van der Waals surface area contributed by atoms with Gasteiger partial charge in [0.2, 0.25) is 8.32 Å². The minimum absolute atomic E-state index is 0.0544. The van der Waals surface area contributed by atoms with Crippen LogP contribution in [0.2, 0.25) is 34.8 Å². The first-order valence-electron chi connectivity index (χ1n) is 23.8. The lowest BCUT2D eigenvalue weighted by atomic mass is 9.78. The number of azide groups is 1. The summed E-state index contributed by atoms with van der Waals surface area (Å²) >= 11 is 0. The maximum atomic E-state index is 13.9. The van der Waals surface area contributed by atoms with Crippen molar-refractivity contribution in [3.8, 4) is 0 Å². The Kier molecular flexibility index (Phi) is 25.0. The van der Waals surface area contributed by atoms with Gasteiger partial charge >= 0.3 is 5.97 Å². The molecule has 0 fully saturated rings. The van der Waals surface area contributed by atoms with Gasteiger partial charge in [0.25, 0.3) is 0 Å². The lowest BCUT2D eigenvalue weighted by molar-refractivity contribution is -0.150. The normalized spacial score (nSPS) is 29.7. The molecule has 1 aliphatic rings. The van der Waals surface area contributed by atoms with Gasteiger partial charge in [-0.1, -0.05) is 165 Å². The van der Waals surface area contributed by atoms with Crippen molar-refractivity contribution in [2.24, 2.45) is 46.5 Å². The van der Waals surface area contributed by atoms with Gasteiger partial charge in [0.1, 0.15) is 6.10 Å². The van der Waals surface area contributed by atoms with Gasteiger partial charge in [-0.05, 0) is 102 Å². The third-order valence-electron chi connectivity index (χ3n) is 14.5. The first kappa shape index (κ1) is 56.5. The summed E-state index contributed by atoms with van der Waals surface area (Å²) in [7, 11) is -4.59. The van der Waals surface area contributed by atoms with Gasteiger partial charge in [-0.25, -0.2) is 4.79 Å². The van der Waals surface area contributed by atoms with Gasteiger partial charge in [0.05, 0.1) is 12.2 Å². The fourth-order valence-corrected chi connectivity index (χ4v) is 16.4. The molecule has 348 valence electrons. The number of hydrogen-bond acceptors (Lipinski definition) is 6. The van der Waals surface area contributed by atoms with E-state index in [1.165, 1.54) is 6.08 Å². The largest absolute Gasteiger partial charge is 0.458 e. The number of allylic oxidation sites excluding steroid dienone is 6. The summed E-state index contributed by atoms with van der Waals surface area (Å²) in [5, 5.41) is 3.69. The lowest BCUT2D eigenvalue weighted by Gasteiger charge is -2.47. The highest BCUT2D eigenvalue weighted by Crippen LogP contribution is 2.45. The maximum absolute atomic E-state index is 13.9. The highest BCUT2D eigenvalue weighted by molar-refractivity contribution is 6.77. The van der Waals surface area contributed by atoms with E-state index in [-0.39, 0.29) is 53.1 Å². The van der Waals surface area contributed by atoms with E-state index in [9.17, 15) is 9.59 Å². The molecule has 0 bridgehead atoms. The maximum Gasteiger partial charge on any atom is 0.331 e. The minimum atomic E-state index is -2.30. The fraction of sp³-hybridized carbons (Fsp3) is 0.765. The number of unbranched alkanes of at least 4 members (excludes halogenated alkanes) is 1. The first-order valence-corrected chi connectivity index (χ1v) is 28.8. The van der Waals surface area contributed by atoms with E-state index in [0.717, 1.165) is 38.5 Å². The molecule has 0 unspecified atom stereocenters. The molecule has 0 spiro atoms. The number of cyclic esters (lactones) is 1. The Morgan fingerprint density at radius 2 is 1.51 bits per heavy atom. The van der Waals surface area contributed by atoms with Crippen LogP contribution in [0.15, 0.2) is 66.4 Å². The Hall–Kier alpha value is -2.50. The van der Waals surface area contributed by atoms with Crippen LogP contribution in [0.3, 0.4) is 0 Å². The number of nitrogens with zero attached hydrogens (tertiary/aromatic N) is 3. The second kappa shape index (κ2) is 27.0. The van der Waals surface area contributed by atoms with Crippen LogP contribution in [0.1, 0.15) is 149 Å². The Labute approximate surface area is 376 Å². The van der Waals surface area contributed by atoms with E-state index >= 15 is 0 Å². The Bertz CT molecular complexity index is 1480. The third-order valence-corrected chi connectivity index (χ3v) is 25.1. The SMILES string of the molecule is C=C/C=C\[C@H](C)[C@@H]1OC(=O)/C=C\C=C\[C@@H](CCCCN=[N+]=[N-])[C@@H](O[Si](C)(C)C(C)(C)C)CC(=O)/C=C\[C@H](C)[C@H](C)[C@@H](C)C[C@@H](C)CC[C@@H](O[Si](C(C)C)(C(C)C)C(C)C)[C@@H]1C. The summed E-state index contributed by atoms with van der Waals surface area (Å²) in [6.07, 6.45) is 21.6. The van der Waals surface area contributed by atoms with Crippen LogP contribution in [-0.4, -0.2) is 53.2 Å². The third kappa shape index (κ3) is 18.3. The molecule has 0 aliphatic carbocycles. The predicted molar refractivity (Wildman–Crippen MR) is 264 cm³/mol. The van der Waals surface area contributed by atoms with Crippen molar-refractivity contribution in [2.45, 2.75) is 202 Å². The van der Waals surface area contributed by atoms with Gasteiger partial charge in [0.15, 0.2) is 14.1 Å². The Morgan fingerprint density at radius 1 is 0.885 bits per heavy atom. The standard InChI is InChI=1S/C51H91N3O5Si2/c1-19-20-25-41(10)50-44(13)47(59-61(36(2)3,37(4)5)38(6)7)32-29-39(8)34-42(11)43(12)40(9)30-31-46(55)35-48(58-60(17,18)51(14,15)16)45(27-23-24-33-53-54-52)26-21-22-28-49(56)57-50/h19-22,25-26,28,30-31,36-45,47-48,50H,1,23-24,27,29,32-35H2,2-18H3/b25-20-,26-21+,28-22-,31-30-/t39-,40-,41-,42-,43-,44-,45-,47+,48-,50-/m0/s1. The van der Waals surface area contributed by atoms with Crippen LogP contribution >= 0.6 is 0 Å². The molecule has 0 radical (unpaired) electrons. The van der Waals surface area contributed by atoms with E-state index < -0.39 is 28.7 Å². The molecule has 0 aromatic carbocycles. The van der Waals surface area contributed by atoms with Crippen LogP contribution in [0.5, 0.6) is 0 Å². The second-order valence-corrected chi connectivity index (χ2v) is 31.3. The Morgan fingerprint density at radius 3 is 2.07 bits per heavy atom. The molecule has 0 saturated carbocycles. The molecule has 0 saturated heterocycles. The van der Waals surface area contributed by atoms with Crippen LogP contribution in [-0.2, 0) is 23.2 Å². The summed E-state index contributed by atoms with van der Waals surface area (Å²) < 4.78 is 21.2. The summed E-state index contributed by atoms with van der Waals surface area (Å²) in [5.41, 5.74) is 10.1. The zero-order valence-electron chi connectivity index (χ0n) is 41.9. The topological polar surface area (TPSA) is 111 Å². The molecule has 0 N–H and O–H groups in total. The second-order valence-electron chi connectivity index (χ2n) is 21.1. The number of carbonyl (C=O) groups is 2. The zero-order chi connectivity index (χ0) is 46.7. The van der Waals surface area contributed by atoms with Crippen LogP contribution in [0, 0.1) is 41.4 Å². The van der Waals surface area contributed by atoms with Gasteiger partial charge in [-0.2, -0.15) is 0 Å².